The predicted octanol–water partition coefficient (Wildman–Crippen LogP) is 4.17. The van der Waals surface area contributed by atoms with Crippen LogP contribution in [0.15, 0.2) is 30.0 Å². The van der Waals surface area contributed by atoms with E-state index in [0.717, 1.165) is 6.54 Å². The zero-order valence-corrected chi connectivity index (χ0v) is 13.0. The molecule has 0 aromatic heterocycles. The molecule has 1 nitrogen and oxygen atoms in total. The number of aryl methyl sites for hydroxylation is 2. The number of hydrogen-bond acceptors (Lipinski definition) is 1. The van der Waals surface area contributed by atoms with Gasteiger partial charge in [0.25, 0.3) is 0 Å². The highest BCUT2D eigenvalue weighted by Crippen LogP contribution is 2.23. The van der Waals surface area contributed by atoms with Gasteiger partial charge in [-0.1, -0.05) is 49.6 Å². The number of rotatable bonds is 4. The molecule has 0 amide bonds. The second-order valence-corrected chi connectivity index (χ2v) is 11.0. The van der Waals surface area contributed by atoms with Crippen LogP contribution in [0.25, 0.3) is 0 Å². The SMILES string of the molecule is Cc1cccc(C)c1N(C)C/C=C/[Si](C)(C)C. The lowest BCUT2D eigenvalue weighted by atomic mass is 10.1. The molecule has 0 aliphatic heterocycles. The van der Waals surface area contributed by atoms with Crippen molar-refractivity contribution >= 4 is 13.8 Å². The normalized spacial score (nSPS) is 12.1. The van der Waals surface area contributed by atoms with Gasteiger partial charge < -0.3 is 4.90 Å². The number of para-hydroxylation sites is 1. The molecule has 0 aliphatic rings. The predicted molar refractivity (Wildman–Crippen MR) is 81.7 cm³/mol. The van der Waals surface area contributed by atoms with E-state index in [-0.39, 0.29) is 0 Å². The minimum Gasteiger partial charge on any atom is -0.370 e. The average Bonchev–Trinajstić information content (AvgIpc) is 2.15. The summed E-state index contributed by atoms with van der Waals surface area (Å²) in [5.41, 5.74) is 6.49. The van der Waals surface area contributed by atoms with E-state index in [0.29, 0.717) is 0 Å². The largest absolute Gasteiger partial charge is 0.370 e. The first kappa shape index (κ1) is 14.0. The van der Waals surface area contributed by atoms with Crippen molar-refractivity contribution in [3.63, 3.8) is 0 Å². The Morgan fingerprint density at radius 2 is 1.65 bits per heavy atom. The fraction of sp³-hybridized carbons (Fsp3) is 0.467. The molecule has 94 valence electrons. The third-order valence-electron chi connectivity index (χ3n) is 2.82. The first-order chi connectivity index (χ1) is 7.81. The lowest BCUT2D eigenvalue weighted by Crippen LogP contribution is -2.21. The summed E-state index contributed by atoms with van der Waals surface area (Å²) in [6.07, 6.45) is 2.32. The number of benzene rings is 1. The quantitative estimate of drug-likeness (QED) is 0.722. The fourth-order valence-corrected chi connectivity index (χ4v) is 2.88. The molecular weight excluding hydrogens is 222 g/mol. The standard InChI is InChI=1S/C15H25NSi/c1-13-9-7-10-14(2)15(13)16(3)11-8-12-17(4,5)6/h7-10,12H,11H2,1-6H3/b12-8+. The molecule has 0 bridgehead atoms. The first-order valence-electron chi connectivity index (χ1n) is 6.26. The van der Waals surface area contributed by atoms with E-state index in [2.05, 4.69) is 75.4 Å². The van der Waals surface area contributed by atoms with Gasteiger partial charge >= 0.3 is 0 Å². The monoisotopic (exact) mass is 247 g/mol. The van der Waals surface area contributed by atoms with E-state index in [9.17, 15) is 0 Å². The van der Waals surface area contributed by atoms with Crippen molar-refractivity contribution in [2.24, 2.45) is 0 Å². The Morgan fingerprint density at radius 3 is 2.12 bits per heavy atom. The Labute approximate surface area is 107 Å². The Hall–Kier alpha value is -1.02. The third kappa shape index (κ3) is 4.39. The molecule has 0 fully saturated rings. The first-order valence-corrected chi connectivity index (χ1v) is 9.84. The van der Waals surface area contributed by atoms with Gasteiger partial charge in [-0.3, -0.25) is 0 Å². The van der Waals surface area contributed by atoms with Gasteiger partial charge in [-0.15, -0.1) is 0 Å². The van der Waals surface area contributed by atoms with Gasteiger partial charge in [-0.2, -0.15) is 0 Å². The minimum atomic E-state index is -1.06. The van der Waals surface area contributed by atoms with Crippen molar-refractivity contribution < 1.29 is 0 Å². The zero-order chi connectivity index (χ0) is 13.1. The maximum atomic E-state index is 2.41. The van der Waals surface area contributed by atoms with Crippen molar-refractivity contribution in [3.8, 4) is 0 Å². The van der Waals surface area contributed by atoms with Crippen LogP contribution >= 0.6 is 0 Å². The van der Waals surface area contributed by atoms with Gasteiger partial charge in [0, 0.05) is 19.3 Å². The van der Waals surface area contributed by atoms with E-state index >= 15 is 0 Å². The number of anilines is 1. The van der Waals surface area contributed by atoms with E-state index in [1.54, 1.807) is 0 Å². The van der Waals surface area contributed by atoms with Crippen molar-refractivity contribution in [2.45, 2.75) is 33.5 Å². The molecule has 0 radical (unpaired) electrons. The summed E-state index contributed by atoms with van der Waals surface area (Å²) in [6.45, 7) is 12.5. The number of nitrogens with zero attached hydrogens (tertiary/aromatic N) is 1. The van der Waals surface area contributed by atoms with E-state index in [1.807, 2.05) is 0 Å². The fourth-order valence-electron chi connectivity index (χ4n) is 2.06. The third-order valence-corrected chi connectivity index (χ3v) is 4.05. The van der Waals surface area contributed by atoms with Crippen molar-refractivity contribution in [3.05, 3.63) is 41.1 Å². The van der Waals surface area contributed by atoms with Crippen molar-refractivity contribution in [2.75, 3.05) is 18.5 Å². The Bertz CT molecular complexity index is 382. The number of likely N-dealkylation sites (N-methyl/N-ethyl adjacent to an activating group) is 1. The molecule has 0 aliphatic carbocycles. The van der Waals surface area contributed by atoms with Crippen LogP contribution in [-0.2, 0) is 0 Å². The maximum absolute atomic E-state index is 2.41. The lowest BCUT2D eigenvalue weighted by Gasteiger charge is -2.22. The second kappa shape index (κ2) is 5.54. The summed E-state index contributed by atoms with van der Waals surface area (Å²) in [6, 6.07) is 6.49. The highest BCUT2D eigenvalue weighted by Gasteiger charge is 2.08. The molecule has 0 atom stereocenters. The molecule has 0 heterocycles. The van der Waals surface area contributed by atoms with Gasteiger partial charge in [0.1, 0.15) is 0 Å². The summed E-state index contributed by atoms with van der Waals surface area (Å²) in [7, 11) is 1.11. The van der Waals surface area contributed by atoms with Gasteiger partial charge in [0.2, 0.25) is 0 Å². The van der Waals surface area contributed by atoms with Crippen LogP contribution in [0.3, 0.4) is 0 Å². The molecule has 17 heavy (non-hydrogen) atoms. The molecule has 1 aromatic carbocycles. The minimum absolute atomic E-state index is 0.996. The van der Waals surface area contributed by atoms with E-state index in [4.69, 9.17) is 0 Å². The summed E-state index contributed by atoms with van der Waals surface area (Å²) in [5.74, 6) is 0. The molecule has 2 heteroatoms. The summed E-state index contributed by atoms with van der Waals surface area (Å²) in [5, 5.41) is 0. The van der Waals surface area contributed by atoms with Crippen LogP contribution in [0.4, 0.5) is 5.69 Å². The summed E-state index contributed by atoms with van der Waals surface area (Å²) < 4.78 is 0. The van der Waals surface area contributed by atoms with Crippen LogP contribution in [0.1, 0.15) is 11.1 Å². The van der Waals surface area contributed by atoms with Crippen LogP contribution in [-0.4, -0.2) is 21.7 Å². The van der Waals surface area contributed by atoms with Crippen LogP contribution in [0, 0.1) is 13.8 Å². The molecule has 0 unspecified atom stereocenters. The maximum Gasteiger partial charge on any atom is 0.0683 e. The van der Waals surface area contributed by atoms with Crippen LogP contribution in [0.5, 0.6) is 0 Å². The Kier molecular flexibility index (Phi) is 4.58. The Balaban J connectivity index is 2.77. The average molecular weight is 247 g/mol. The summed E-state index contributed by atoms with van der Waals surface area (Å²) >= 11 is 0. The van der Waals surface area contributed by atoms with Gasteiger partial charge in [0.15, 0.2) is 0 Å². The van der Waals surface area contributed by atoms with Gasteiger partial charge in [-0.25, -0.2) is 0 Å². The molecule has 1 aromatic rings. The lowest BCUT2D eigenvalue weighted by molar-refractivity contribution is 1.01. The highest BCUT2D eigenvalue weighted by molar-refractivity contribution is 6.80. The highest BCUT2D eigenvalue weighted by atomic mass is 28.3. The Morgan fingerprint density at radius 1 is 1.12 bits per heavy atom. The molecule has 0 spiro atoms. The van der Waals surface area contributed by atoms with E-state index in [1.165, 1.54) is 16.8 Å². The molecule has 0 saturated heterocycles. The molecular formula is C15H25NSi. The topological polar surface area (TPSA) is 3.24 Å². The van der Waals surface area contributed by atoms with Crippen molar-refractivity contribution in [1.29, 1.82) is 0 Å². The smallest absolute Gasteiger partial charge is 0.0683 e. The van der Waals surface area contributed by atoms with Gasteiger partial charge in [-0.05, 0) is 25.0 Å². The van der Waals surface area contributed by atoms with Crippen LogP contribution < -0.4 is 4.90 Å². The zero-order valence-electron chi connectivity index (χ0n) is 12.0. The molecule has 0 N–H and O–H groups in total. The summed E-state index contributed by atoms with van der Waals surface area (Å²) in [4.78, 5) is 2.33. The van der Waals surface area contributed by atoms with E-state index < -0.39 is 8.07 Å². The van der Waals surface area contributed by atoms with Gasteiger partial charge in [0.05, 0.1) is 8.07 Å². The molecule has 0 saturated carbocycles. The number of hydrogen-bond donors (Lipinski definition) is 0. The van der Waals surface area contributed by atoms with Crippen LogP contribution in [0.2, 0.25) is 19.6 Å². The second-order valence-electron chi connectivity index (χ2n) is 5.89. The molecule has 1 rings (SSSR count). The van der Waals surface area contributed by atoms with Crippen molar-refractivity contribution in [1.82, 2.24) is 0 Å².